The molecule has 0 fully saturated rings. The lowest BCUT2D eigenvalue weighted by molar-refractivity contribution is 0.199. The fourth-order valence-electron chi connectivity index (χ4n) is 1.93. The third kappa shape index (κ3) is 5.57. The van der Waals surface area contributed by atoms with Crippen molar-refractivity contribution in [2.75, 3.05) is 38.6 Å². The average molecular weight is 265 g/mol. The van der Waals surface area contributed by atoms with E-state index in [4.69, 9.17) is 0 Å². The summed E-state index contributed by atoms with van der Waals surface area (Å²) < 4.78 is 0. The first-order valence-electron chi connectivity index (χ1n) is 6.94. The van der Waals surface area contributed by atoms with Crippen molar-refractivity contribution in [2.24, 2.45) is 5.92 Å². The number of nitrogens with zero attached hydrogens (tertiary/aromatic N) is 3. The Labute approximate surface area is 117 Å². The van der Waals surface area contributed by atoms with Crippen LogP contribution in [0, 0.1) is 5.92 Å². The van der Waals surface area contributed by atoms with Crippen LogP contribution in [0.5, 0.6) is 0 Å². The van der Waals surface area contributed by atoms with Crippen LogP contribution in [-0.2, 0) is 0 Å². The lowest BCUT2D eigenvalue weighted by atomic mass is 10.1. The maximum atomic E-state index is 9.68. The first-order valence-corrected chi connectivity index (χ1v) is 6.94. The van der Waals surface area contributed by atoms with Crippen LogP contribution in [0.4, 0.5) is 5.82 Å². The Bertz CT molecular complexity index is 377. The molecule has 4 heteroatoms. The van der Waals surface area contributed by atoms with Crippen LogP contribution in [0.2, 0.25) is 0 Å². The summed E-state index contributed by atoms with van der Waals surface area (Å²) in [7, 11) is 4.15. The molecule has 0 saturated carbocycles. The molecule has 0 aliphatic rings. The monoisotopic (exact) mass is 265 g/mol. The molecule has 19 heavy (non-hydrogen) atoms. The van der Waals surface area contributed by atoms with E-state index >= 15 is 0 Å². The highest BCUT2D eigenvalue weighted by molar-refractivity contribution is 5.41. The van der Waals surface area contributed by atoms with Crippen LogP contribution in [0.15, 0.2) is 18.3 Å². The molecule has 0 amide bonds. The van der Waals surface area contributed by atoms with Gasteiger partial charge in [0.05, 0.1) is 6.10 Å². The molecule has 0 unspecified atom stereocenters. The number of rotatable bonds is 7. The molecule has 1 aromatic rings. The fourth-order valence-corrected chi connectivity index (χ4v) is 1.93. The van der Waals surface area contributed by atoms with E-state index < -0.39 is 6.10 Å². The van der Waals surface area contributed by atoms with Gasteiger partial charge in [0.1, 0.15) is 5.82 Å². The number of hydrogen-bond acceptors (Lipinski definition) is 4. The lowest BCUT2D eigenvalue weighted by Crippen LogP contribution is -2.35. The molecule has 1 atom stereocenters. The molecule has 1 aromatic heterocycles. The van der Waals surface area contributed by atoms with Crippen LogP contribution in [0.1, 0.15) is 32.4 Å². The number of likely N-dealkylation sites (N-methyl/N-ethyl adjacent to an activating group) is 1. The third-order valence-electron chi connectivity index (χ3n) is 2.98. The zero-order chi connectivity index (χ0) is 14.4. The smallest absolute Gasteiger partial charge is 0.128 e. The average Bonchev–Trinajstić information content (AvgIpc) is 2.34. The van der Waals surface area contributed by atoms with E-state index in [-0.39, 0.29) is 0 Å². The minimum absolute atomic E-state index is 0.448. The van der Waals surface area contributed by atoms with Gasteiger partial charge in [-0.05, 0) is 44.6 Å². The topological polar surface area (TPSA) is 39.6 Å². The molecule has 0 spiro atoms. The highest BCUT2D eigenvalue weighted by atomic mass is 16.3. The largest absolute Gasteiger partial charge is 0.389 e. The SMILES string of the molecule is CC(C)CN(CCN(C)C)c1cc([C@@H](C)O)ccn1. The van der Waals surface area contributed by atoms with Crippen molar-refractivity contribution in [3.8, 4) is 0 Å². The number of pyridine rings is 1. The van der Waals surface area contributed by atoms with E-state index in [0.717, 1.165) is 31.0 Å². The number of hydrogen-bond donors (Lipinski definition) is 1. The van der Waals surface area contributed by atoms with Crippen molar-refractivity contribution in [1.82, 2.24) is 9.88 Å². The second-order valence-electron chi connectivity index (χ2n) is 5.77. The number of aliphatic hydroxyl groups is 1. The van der Waals surface area contributed by atoms with Gasteiger partial charge < -0.3 is 14.9 Å². The maximum absolute atomic E-state index is 9.68. The van der Waals surface area contributed by atoms with Crippen LogP contribution in [0.3, 0.4) is 0 Å². The fraction of sp³-hybridized carbons (Fsp3) is 0.667. The highest BCUT2D eigenvalue weighted by Crippen LogP contribution is 2.18. The standard InChI is InChI=1S/C15H27N3O/c1-12(2)11-18(9-8-17(4)5)15-10-14(13(3)19)6-7-16-15/h6-7,10,12-13,19H,8-9,11H2,1-5H3/t13-/m1/s1. The molecule has 4 nitrogen and oxygen atoms in total. The molecule has 0 aliphatic heterocycles. The summed E-state index contributed by atoms with van der Waals surface area (Å²) in [5, 5.41) is 9.68. The van der Waals surface area contributed by atoms with Crippen molar-refractivity contribution >= 4 is 5.82 Å². The van der Waals surface area contributed by atoms with Gasteiger partial charge in [-0.25, -0.2) is 4.98 Å². The molecule has 0 bridgehead atoms. The minimum Gasteiger partial charge on any atom is -0.389 e. The molecule has 1 N–H and O–H groups in total. The Morgan fingerprint density at radius 2 is 1.89 bits per heavy atom. The molecule has 1 rings (SSSR count). The van der Waals surface area contributed by atoms with Crippen LogP contribution in [0.25, 0.3) is 0 Å². The van der Waals surface area contributed by atoms with Gasteiger partial charge in [-0.2, -0.15) is 0 Å². The zero-order valence-corrected chi connectivity index (χ0v) is 12.8. The second-order valence-corrected chi connectivity index (χ2v) is 5.77. The number of anilines is 1. The quantitative estimate of drug-likeness (QED) is 0.820. The van der Waals surface area contributed by atoms with Crippen LogP contribution < -0.4 is 4.90 Å². The lowest BCUT2D eigenvalue weighted by Gasteiger charge is -2.27. The maximum Gasteiger partial charge on any atom is 0.128 e. The Kier molecular flexibility index (Phi) is 6.25. The van der Waals surface area contributed by atoms with Crippen molar-refractivity contribution in [2.45, 2.75) is 26.9 Å². The van der Waals surface area contributed by atoms with Crippen LogP contribution >= 0.6 is 0 Å². The number of aromatic nitrogens is 1. The molecular formula is C15H27N3O. The van der Waals surface area contributed by atoms with Gasteiger partial charge in [0.25, 0.3) is 0 Å². The van der Waals surface area contributed by atoms with Gasteiger partial charge in [-0.3, -0.25) is 0 Å². The predicted molar refractivity (Wildman–Crippen MR) is 80.5 cm³/mol. The molecule has 1 heterocycles. The van der Waals surface area contributed by atoms with Gasteiger partial charge in [-0.15, -0.1) is 0 Å². The Morgan fingerprint density at radius 1 is 1.21 bits per heavy atom. The van der Waals surface area contributed by atoms with Gasteiger partial charge in [0.15, 0.2) is 0 Å². The molecule has 0 saturated heterocycles. The summed E-state index contributed by atoms with van der Waals surface area (Å²) >= 11 is 0. The summed E-state index contributed by atoms with van der Waals surface area (Å²) in [6, 6.07) is 3.86. The summed E-state index contributed by atoms with van der Waals surface area (Å²) in [5.41, 5.74) is 0.920. The van der Waals surface area contributed by atoms with E-state index in [9.17, 15) is 5.11 Å². The highest BCUT2D eigenvalue weighted by Gasteiger charge is 2.12. The second kappa shape index (κ2) is 7.46. The molecule has 0 radical (unpaired) electrons. The zero-order valence-electron chi connectivity index (χ0n) is 12.8. The summed E-state index contributed by atoms with van der Waals surface area (Å²) in [6.07, 6.45) is 1.33. The number of aliphatic hydroxyl groups excluding tert-OH is 1. The Hall–Kier alpha value is -1.13. The van der Waals surface area contributed by atoms with Crippen molar-refractivity contribution in [3.05, 3.63) is 23.9 Å². The Balaban J connectivity index is 2.86. The van der Waals surface area contributed by atoms with Gasteiger partial charge in [-0.1, -0.05) is 13.8 Å². The summed E-state index contributed by atoms with van der Waals surface area (Å²) in [5.74, 6) is 1.54. The van der Waals surface area contributed by atoms with Gasteiger partial charge in [0, 0.05) is 25.8 Å². The third-order valence-corrected chi connectivity index (χ3v) is 2.98. The first kappa shape index (κ1) is 15.9. The first-order chi connectivity index (χ1) is 8.90. The van der Waals surface area contributed by atoms with Crippen molar-refractivity contribution < 1.29 is 5.11 Å². The van der Waals surface area contributed by atoms with E-state index in [1.165, 1.54) is 0 Å². The summed E-state index contributed by atoms with van der Waals surface area (Å²) in [6.45, 7) is 9.12. The van der Waals surface area contributed by atoms with Gasteiger partial charge >= 0.3 is 0 Å². The minimum atomic E-state index is -0.448. The molecular weight excluding hydrogens is 238 g/mol. The predicted octanol–water partition coefficient (Wildman–Crippen LogP) is 2.16. The molecule has 0 aliphatic carbocycles. The van der Waals surface area contributed by atoms with E-state index in [2.05, 4.69) is 42.7 Å². The Morgan fingerprint density at radius 3 is 2.42 bits per heavy atom. The van der Waals surface area contributed by atoms with E-state index in [1.807, 2.05) is 12.1 Å². The van der Waals surface area contributed by atoms with E-state index in [0.29, 0.717) is 5.92 Å². The van der Waals surface area contributed by atoms with E-state index in [1.54, 1.807) is 13.1 Å². The summed E-state index contributed by atoms with van der Waals surface area (Å²) in [4.78, 5) is 8.91. The van der Waals surface area contributed by atoms with Crippen LogP contribution in [-0.4, -0.2) is 48.7 Å². The molecule has 0 aromatic carbocycles. The van der Waals surface area contributed by atoms with Crippen molar-refractivity contribution in [3.63, 3.8) is 0 Å². The van der Waals surface area contributed by atoms with Gasteiger partial charge in [0.2, 0.25) is 0 Å². The van der Waals surface area contributed by atoms with Crippen molar-refractivity contribution in [1.29, 1.82) is 0 Å². The normalized spacial score (nSPS) is 13.1. The molecule has 108 valence electrons.